The molecule has 18 heavy (non-hydrogen) atoms. The highest BCUT2D eigenvalue weighted by Crippen LogP contribution is 2.24. The second-order valence-corrected chi connectivity index (χ2v) is 5.63. The first kappa shape index (κ1) is 15.1. The minimum atomic E-state index is -0.0721. The van der Waals surface area contributed by atoms with Crippen LogP contribution in [0.3, 0.4) is 0 Å². The Balaban J connectivity index is 2.18. The van der Waals surface area contributed by atoms with Crippen LogP contribution in [0.1, 0.15) is 36.8 Å². The van der Waals surface area contributed by atoms with Crippen LogP contribution in [-0.2, 0) is 4.79 Å². The number of nitrogens with two attached hydrogens (primary N) is 1. The van der Waals surface area contributed by atoms with Gasteiger partial charge in [0.1, 0.15) is 0 Å². The van der Waals surface area contributed by atoms with Crippen molar-refractivity contribution in [2.75, 3.05) is 5.75 Å². The Morgan fingerprint density at radius 2 is 2.06 bits per heavy atom. The number of hydrazine groups is 1. The Labute approximate surface area is 113 Å². The number of unbranched alkanes of at least 4 members (excludes halogenated alkanes) is 2. The van der Waals surface area contributed by atoms with Crippen LogP contribution in [0, 0.1) is 13.8 Å². The molecule has 0 aliphatic rings. The Morgan fingerprint density at radius 3 is 2.78 bits per heavy atom. The van der Waals surface area contributed by atoms with Gasteiger partial charge in [-0.3, -0.25) is 10.2 Å². The van der Waals surface area contributed by atoms with Crippen LogP contribution in [0.15, 0.2) is 23.1 Å². The molecule has 0 aliphatic heterocycles. The first-order valence-corrected chi connectivity index (χ1v) is 7.31. The van der Waals surface area contributed by atoms with Gasteiger partial charge in [0, 0.05) is 11.3 Å². The third kappa shape index (κ3) is 5.56. The van der Waals surface area contributed by atoms with Crippen molar-refractivity contribution < 1.29 is 4.79 Å². The maximum atomic E-state index is 10.9. The van der Waals surface area contributed by atoms with Crippen LogP contribution in [-0.4, -0.2) is 11.7 Å². The van der Waals surface area contributed by atoms with E-state index in [9.17, 15) is 4.79 Å². The summed E-state index contributed by atoms with van der Waals surface area (Å²) >= 11 is 1.90. The normalized spacial score (nSPS) is 10.4. The van der Waals surface area contributed by atoms with Crippen LogP contribution in [0.5, 0.6) is 0 Å². The average molecular weight is 266 g/mol. The van der Waals surface area contributed by atoms with Crippen molar-refractivity contribution >= 4 is 17.7 Å². The van der Waals surface area contributed by atoms with E-state index in [1.165, 1.54) is 16.0 Å². The summed E-state index contributed by atoms with van der Waals surface area (Å²) in [6, 6.07) is 6.55. The first-order valence-electron chi connectivity index (χ1n) is 6.33. The molecule has 0 saturated carbocycles. The van der Waals surface area contributed by atoms with Gasteiger partial charge < -0.3 is 0 Å². The van der Waals surface area contributed by atoms with Gasteiger partial charge in [-0.15, -0.1) is 11.8 Å². The second-order valence-electron chi connectivity index (χ2n) is 4.50. The van der Waals surface area contributed by atoms with Crippen molar-refractivity contribution in [2.45, 2.75) is 44.4 Å². The van der Waals surface area contributed by atoms with Crippen LogP contribution >= 0.6 is 11.8 Å². The third-order valence-electron chi connectivity index (χ3n) is 2.81. The predicted octanol–water partition coefficient (Wildman–Crippen LogP) is 2.95. The molecule has 4 heteroatoms. The number of benzene rings is 1. The van der Waals surface area contributed by atoms with Gasteiger partial charge in [-0.1, -0.05) is 24.1 Å². The third-order valence-corrected chi connectivity index (χ3v) is 4.05. The molecule has 0 aromatic heterocycles. The summed E-state index contributed by atoms with van der Waals surface area (Å²) in [5, 5.41) is 0. The molecule has 3 N–H and O–H groups in total. The fraction of sp³-hybridized carbons (Fsp3) is 0.500. The summed E-state index contributed by atoms with van der Waals surface area (Å²) < 4.78 is 0. The molecular formula is C14H22N2OS. The lowest BCUT2D eigenvalue weighted by Gasteiger charge is -2.06. The number of thioether (sulfide) groups is 1. The highest BCUT2D eigenvalue weighted by Gasteiger charge is 2.01. The zero-order valence-corrected chi connectivity index (χ0v) is 12.0. The molecule has 0 fully saturated rings. The first-order chi connectivity index (χ1) is 8.63. The lowest BCUT2D eigenvalue weighted by atomic mass is 10.2. The summed E-state index contributed by atoms with van der Waals surface area (Å²) in [6.45, 7) is 4.27. The molecule has 0 spiro atoms. The van der Waals surface area contributed by atoms with Crippen LogP contribution in [0.25, 0.3) is 0 Å². The number of amides is 1. The van der Waals surface area contributed by atoms with E-state index in [2.05, 4.69) is 37.5 Å². The molecule has 1 aromatic rings. The molecule has 3 nitrogen and oxygen atoms in total. The molecule has 100 valence electrons. The lowest BCUT2D eigenvalue weighted by Crippen LogP contribution is -2.29. The molecule has 0 unspecified atom stereocenters. The molecule has 0 atom stereocenters. The molecular weight excluding hydrogens is 244 g/mol. The van der Waals surface area contributed by atoms with Crippen LogP contribution in [0.4, 0.5) is 0 Å². The minimum Gasteiger partial charge on any atom is -0.294 e. The number of aryl methyl sites for hydroxylation is 2. The highest BCUT2D eigenvalue weighted by atomic mass is 32.2. The van der Waals surface area contributed by atoms with Gasteiger partial charge >= 0.3 is 0 Å². The van der Waals surface area contributed by atoms with Crippen molar-refractivity contribution in [3.8, 4) is 0 Å². The van der Waals surface area contributed by atoms with Crippen molar-refractivity contribution in [1.82, 2.24) is 5.43 Å². The van der Waals surface area contributed by atoms with E-state index in [1.54, 1.807) is 0 Å². The summed E-state index contributed by atoms with van der Waals surface area (Å²) in [5.74, 6) is 6.05. The smallest absolute Gasteiger partial charge is 0.233 e. The van der Waals surface area contributed by atoms with Crippen LogP contribution in [0.2, 0.25) is 0 Å². The number of carbonyl (C=O) groups excluding carboxylic acids is 1. The standard InChI is InChI=1S/C14H22N2OS/c1-11-7-8-12(2)13(10-11)18-9-5-3-4-6-14(17)16-15/h7-8,10H,3-6,9,15H2,1-2H3,(H,16,17). The molecule has 0 radical (unpaired) electrons. The van der Waals surface area contributed by atoms with Gasteiger partial charge in [-0.05, 0) is 44.1 Å². The maximum Gasteiger partial charge on any atom is 0.233 e. The van der Waals surface area contributed by atoms with Gasteiger partial charge in [0.2, 0.25) is 5.91 Å². The van der Waals surface area contributed by atoms with E-state index >= 15 is 0 Å². The molecule has 0 saturated heterocycles. The van der Waals surface area contributed by atoms with E-state index in [0.717, 1.165) is 25.0 Å². The fourth-order valence-corrected chi connectivity index (χ4v) is 2.81. The predicted molar refractivity (Wildman–Crippen MR) is 77.4 cm³/mol. The van der Waals surface area contributed by atoms with Crippen molar-refractivity contribution in [3.05, 3.63) is 29.3 Å². The molecule has 1 rings (SSSR count). The fourth-order valence-electron chi connectivity index (χ4n) is 1.68. The Hall–Kier alpha value is -1.00. The number of carbonyl (C=O) groups is 1. The summed E-state index contributed by atoms with van der Waals surface area (Å²) in [4.78, 5) is 12.3. The molecule has 0 aliphatic carbocycles. The molecule has 0 bridgehead atoms. The number of hydrogen-bond acceptors (Lipinski definition) is 3. The van der Waals surface area contributed by atoms with Gasteiger partial charge in [0.05, 0.1) is 0 Å². The zero-order chi connectivity index (χ0) is 13.4. The van der Waals surface area contributed by atoms with Crippen molar-refractivity contribution in [2.24, 2.45) is 5.84 Å². The van der Waals surface area contributed by atoms with Gasteiger partial charge in [-0.25, -0.2) is 5.84 Å². The summed E-state index contributed by atoms with van der Waals surface area (Å²) in [6.07, 6.45) is 3.65. The Bertz CT molecular complexity index is 393. The topological polar surface area (TPSA) is 55.1 Å². The lowest BCUT2D eigenvalue weighted by molar-refractivity contribution is -0.121. The number of hydrogen-bond donors (Lipinski definition) is 2. The molecule has 0 heterocycles. The van der Waals surface area contributed by atoms with Gasteiger partial charge in [-0.2, -0.15) is 0 Å². The molecule has 1 amide bonds. The molecule has 1 aromatic carbocycles. The maximum absolute atomic E-state index is 10.9. The van der Waals surface area contributed by atoms with Crippen LogP contribution < -0.4 is 11.3 Å². The van der Waals surface area contributed by atoms with Gasteiger partial charge in [0.15, 0.2) is 0 Å². The highest BCUT2D eigenvalue weighted by molar-refractivity contribution is 7.99. The van der Waals surface area contributed by atoms with Gasteiger partial charge in [0.25, 0.3) is 0 Å². The van der Waals surface area contributed by atoms with E-state index in [1.807, 2.05) is 11.8 Å². The SMILES string of the molecule is Cc1ccc(C)c(SCCCCCC(=O)NN)c1. The van der Waals surface area contributed by atoms with Crippen molar-refractivity contribution in [1.29, 1.82) is 0 Å². The van der Waals surface area contributed by atoms with E-state index in [-0.39, 0.29) is 5.91 Å². The number of rotatable bonds is 7. The van der Waals surface area contributed by atoms with E-state index in [4.69, 9.17) is 5.84 Å². The Morgan fingerprint density at radius 1 is 1.28 bits per heavy atom. The summed E-state index contributed by atoms with van der Waals surface area (Å²) in [7, 11) is 0. The largest absolute Gasteiger partial charge is 0.294 e. The Kier molecular flexibility index (Phi) is 6.83. The second kappa shape index (κ2) is 8.16. The van der Waals surface area contributed by atoms with E-state index in [0.29, 0.717) is 6.42 Å². The van der Waals surface area contributed by atoms with E-state index < -0.39 is 0 Å². The quantitative estimate of drug-likeness (QED) is 0.262. The zero-order valence-electron chi connectivity index (χ0n) is 11.2. The minimum absolute atomic E-state index is 0.0721. The van der Waals surface area contributed by atoms with Crippen molar-refractivity contribution in [3.63, 3.8) is 0 Å². The monoisotopic (exact) mass is 266 g/mol. The summed E-state index contributed by atoms with van der Waals surface area (Å²) in [5.41, 5.74) is 4.80. The average Bonchev–Trinajstić information content (AvgIpc) is 2.37. The number of nitrogens with one attached hydrogen (secondary N) is 1.